The summed E-state index contributed by atoms with van der Waals surface area (Å²) < 4.78 is 4.78. The van der Waals surface area contributed by atoms with Gasteiger partial charge in [0.1, 0.15) is 10.6 Å². The highest BCUT2D eigenvalue weighted by Crippen LogP contribution is 2.44. The van der Waals surface area contributed by atoms with Crippen LogP contribution in [-0.4, -0.2) is 34.9 Å². The third kappa shape index (κ3) is 4.13. The van der Waals surface area contributed by atoms with Gasteiger partial charge in [-0.05, 0) is 48.9 Å². The Hall–Kier alpha value is -3.20. The molecule has 10 heteroatoms. The number of ketones is 1. The third-order valence-electron chi connectivity index (χ3n) is 5.11. The molecule has 1 N–H and O–H groups in total. The molecule has 0 radical (unpaired) electrons. The van der Waals surface area contributed by atoms with Gasteiger partial charge in [0.15, 0.2) is 5.13 Å². The molecule has 0 unspecified atom stereocenters. The summed E-state index contributed by atoms with van der Waals surface area (Å²) in [5.74, 6) is -2.71. The quantitative estimate of drug-likeness (QED) is 0.228. The molecule has 1 aliphatic heterocycles. The SMILES string of the molecule is COC(=O)c1sc(N2C(=O)C(=O)C(=C(O)c3ccc(Cl)cc3)[C@@H]2c2ccc(Cl)cc2)nc1C. The highest BCUT2D eigenvalue weighted by molar-refractivity contribution is 7.17. The van der Waals surface area contributed by atoms with E-state index in [-0.39, 0.29) is 21.3 Å². The normalized spacial score (nSPS) is 17.5. The molecule has 0 saturated carbocycles. The minimum atomic E-state index is -0.992. The molecule has 1 amide bonds. The number of carbonyl (C=O) groups excluding carboxylic acids is 3. The number of aliphatic hydroxyl groups excluding tert-OH is 1. The minimum Gasteiger partial charge on any atom is -0.507 e. The zero-order chi connectivity index (χ0) is 23.9. The fraction of sp³-hybridized carbons (Fsp3) is 0.130. The van der Waals surface area contributed by atoms with Crippen LogP contribution in [0.1, 0.15) is 32.5 Å². The summed E-state index contributed by atoms with van der Waals surface area (Å²) in [6.45, 7) is 1.61. The van der Waals surface area contributed by atoms with Crippen molar-refractivity contribution in [3.05, 3.63) is 85.8 Å². The van der Waals surface area contributed by atoms with Gasteiger partial charge in [-0.3, -0.25) is 14.5 Å². The van der Waals surface area contributed by atoms with Gasteiger partial charge in [0, 0.05) is 15.6 Å². The fourth-order valence-corrected chi connectivity index (χ4v) is 4.78. The van der Waals surface area contributed by atoms with Crippen LogP contribution >= 0.6 is 34.5 Å². The number of aliphatic hydroxyl groups is 1. The van der Waals surface area contributed by atoms with Gasteiger partial charge < -0.3 is 9.84 Å². The van der Waals surface area contributed by atoms with Gasteiger partial charge in [0.25, 0.3) is 5.78 Å². The van der Waals surface area contributed by atoms with Gasteiger partial charge in [-0.1, -0.05) is 46.7 Å². The molecule has 1 aliphatic rings. The number of methoxy groups -OCH3 is 1. The molecule has 1 aromatic heterocycles. The number of thiazole rings is 1. The number of benzene rings is 2. The number of anilines is 1. The maximum atomic E-state index is 13.2. The Kier molecular flexibility index (Phi) is 6.25. The van der Waals surface area contributed by atoms with Crippen LogP contribution in [-0.2, 0) is 14.3 Å². The molecule has 2 heterocycles. The van der Waals surface area contributed by atoms with Crippen molar-refractivity contribution in [1.82, 2.24) is 4.98 Å². The fourth-order valence-electron chi connectivity index (χ4n) is 3.52. The van der Waals surface area contributed by atoms with E-state index in [2.05, 4.69) is 4.98 Å². The number of aryl methyl sites for hydroxylation is 1. The molecule has 2 aromatic carbocycles. The molecule has 1 saturated heterocycles. The number of aromatic nitrogens is 1. The molecule has 0 bridgehead atoms. The smallest absolute Gasteiger partial charge is 0.350 e. The molecular weight excluding hydrogens is 487 g/mol. The van der Waals surface area contributed by atoms with Crippen LogP contribution < -0.4 is 4.90 Å². The first kappa shape index (κ1) is 23.0. The molecule has 3 aromatic rings. The van der Waals surface area contributed by atoms with E-state index in [1.165, 1.54) is 12.0 Å². The molecule has 7 nitrogen and oxygen atoms in total. The number of halogens is 2. The van der Waals surface area contributed by atoms with E-state index < -0.39 is 23.7 Å². The van der Waals surface area contributed by atoms with Crippen molar-refractivity contribution in [2.24, 2.45) is 0 Å². The van der Waals surface area contributed by atoms with Gasteiger partial charge in [0.05, 0.1) is 24.4 Å². The number of Topliss-reactive ketones (excluding diaryl/α,β-unsaturated/α-hetero) is 1. The van der Waals surface area contributed by atoms with Gasteiger partial charge in [-0.15, -0.1) is 0 Å². The molecular formula is C23H16Cl2N2O5S. The van der Waals surface area contributed by atoms with E-state index in [1.807, 2.05) is 0 Å². The maximum Gasteiger partial charge on any atom is 0.350 e. The lowest BCUT2D eigenvalue weighted by molar-refractivity contribution is -0.132. The molecule has 0 aliphatic carbocycles. The van der Waals surface area contributed by atoms with E-state index in [1.54, 1.807) is 55.5 Å². The molecule has 0 spiro atoms. The highest BCUT2D eigenvalue weighted by atomic mass is 35.5. The van der Waals surface area contributed by atoms with E-state index in [9.17, 15) is 19.5 Å². The Morgan fingerprint density at radius 2 is 1.64 bits per heavy atom. The van der Waals surface area contributed by atoms with Crippen molar-refractivity contribution in [2.75, 3.05) is 12.0 Å². The second kappa shape index (κ2) is 8.97. The van der Waals surface area contributed by atoms with Crippen LogP contribution in [0, 0.1) is 6.92 Å². The molecule has 1 atom stereocenters. The van der Waals surface area contributed by atoms with E-state index in [0.717, 1.165) is 11.3 Å². The molecule has 33 heavy (non-hydrogen) atoms. The monoisotopic (exact) mass is 502 g/mol. The van der Waals surface area contributed by atoms with Gasteiger partial charge in [-0.2, -0.15) is 0 Å². The zero-order valence-electron chi connectivity index (χ0n) is 17.3. The Labute approximate surface area is 202 Å². The van der Waals surface area contributed by atoms with Crippen molar-refractivity contribution >= 4 is 63.1 Å². The highest BCUT2D eigenvalue weighted by Gasteiger charge is 2.48. The lowest BCUT2D eigenvalue weighted by Crippen LogP contribution is -2.29. The molecule has 4 rings (SSSR count). The van der Waals surface area contributed by atoms with Crippen LogP contribution in [0.4, 0.5) is 5.13 Å². The summed E-state index contributed by atoms with van der Waals surface area (Å²) in [5, 5.41) is 12.1. The molecule has 168 valence electrons. The predicted octanol–water partition coefficient (Wildman–Crippen LogP) is 5.17. The Bertz CT molecular complexity index is 1300. The van der Waals surface area contributed by atoms with Crippen molar-refractivity contribution in [3.63, 3.8) is 0 Å². The minimum absolute atomic E-state index is 0.114. The zero-order valence-corrected chi connectivity index (χ0v) is 19.7. The van der Waals surface area contributed by atoms with Crippen molar-refractivity contribution in [2.45, 2.75) is 13.0 Å². The summed E-state index contributed by atoms with van der Waals surface area (Å²) in [4.78, 5) is 44.1. The maximum absolute atomic E-state index is 13.2. The van der Waals surface area contributed by atoms with E-state index >= 15 is 0 Å². The van der Waals surface area contributed by atoms with Crippen LogP contribution in [0.15, 0.2) is 54.1 Å². The second-order valence-electron chi connectivity index (χ2n) is 7.13. The number of hydrogen-bond acceptors (Lipinski definition) is 7. The lowest BCUT2D eigenvalue weighted by Gasteiger charge is -2.23. The Morgan fingerprint density at radius 3 is 2.21 bits per heavy atom. The van der Waals surface area contributed by atoms with Crippen LogP contribution in [0.5, 0.6) is 0 Å². The first-order chi connectivity index (χ1) is 15.7. The topological polar surface area (TPSA) is 96.8 Å². The lowest BCUT2D eigenvalue weighted by atomic mass is 9.95. The standard InChI is InChI=1S/C23H16Cl2N2O5S/c1-11-20(22(31)32-2)33-23(26-11)27-17(12-3-7-14(24)8-4-12)16(19(29)21(27)30)18(28)13-5-9-15(25)10-6-13/h3-10,17,28H,1-2H3/t17-/m0/s1. The summed E-state index contributed by atoms with van der Waals surface area (Å²) in [6, 6.07) is 11.8. The summed E-state index contributed by atoms with van der Waals surface area (Å²) in [7, 11) is 1.24. The first-order valence-electron chi connectivity index (χ1n) is 9.61. The number of ether oxygens (including phenoxy) is 1. The van der Waals surface area contributed by atoms with Crippen LogP contribution in [0.3, 0.4) is 0 Å². The van der Waals surface area contributed by atoms with Gasteiger partial charge >= 0.3 is 11.9 Å². The largest absolute Gasteiger partial charge is 0.507 e. The van der Waals surface area contributed by atoms with Gasteiger partial charge in [-0.25, -0.2) is 9.78 Å². The number of esters is 1. The summed E-state index contributed by atoms with van der Waals surface area (Å²) in [6.07, 6.45) is 0. The number of rotatable bonds is 4. The summed E-state index contributed by atoms with van der Waals surface area (Å²) >= 11 is 12.9. The average molecular weight is 503 g/mol. The van der Waals surface area contributed by atoms with Crippen LogP contribution in [0.25, 0.3) is 5.76 Å². The number of nitrogens with zero attached hydrogens (tertiary/aromatic N) is 2. The van der Waals surface area contributed by atoms with Gasteiger partial charge in [0.2, 0.25) is 0 Å². The third-order valence-corrected chi connectivity index (χ3v) is 6.75. The van der Waals surface area contributed by atoms with Crippen molar-refractivity contribution in [3.8, 4) is 0 Å². The second-order valence-corrected chi connectivity index (χ2v) is 8.98. The van der Waals surface area contributed by atoms with Crippen molar-refractivity contribution in [1.29, 1.82) is 0 Å². The Morgan fingerprint density at radius 1 is 1.06 bits per heavy atom. The van der Waals surface area contributed by atoms with Crippen molar-refractivity contribution < 1.29 is 24.2 Å². The first-order valence-corrected chi connectivity index (χ1v) is 11.2. The predicted molar refractivity (Wildman–Crippen MR) is 126 cm³/mol. The van der Waals surface area contributed by atoms with Crippen LogP contribution in [0.2, 0.25) is 10.0 Å². The van der Waals surface area contributed by atoms with E-state index in [0.29, 0.717) is 26.9 Å². The summed E-state index contributed by atoms with van der Waals surface area (Å²) in [5.41, 5.74) is 1.09. The number of amides is 1. The molecule has 1 fully saturated rings. The Balaban J connectivity index is 1.93. The average Bonchev–Trinajstić information content (AvgIpc) is 3.31. The van der Waals surface area contributed by atoms with E-state index in [4.69, 9.17) is 27.9 Å². The number of hydrogen-bond donors (Lipinski definition) is 1. The number of carbonyl (C=O) groups is 3.